The molecule has 0 fully saturated rings. The van der Waals surface area contributed by atoms with Gasteiger partial charge in [0.15, 0.2) is 11.2 Å². The molecule has 208 valence electrons. The van der Waals surface area contributed by atoms with E-state index in [0.29, 0.717) is 11.3 Å². The lowest BCUT2D eigenvalue weighted by Gasteiger charge is -2.16. The van der Waals surface area contributed by atoms with E-state index in [2.05, 4.69) is 15.5 Å². The number of halogens is 1. The number of aryl methyl sites for hydroxylation is 2. The van der Waals surface area contributed by atoms with Gasteiger partial charge in [-0.05, 0) is 42.3 Å². The maximum atomic E-state index is 13.0. The molecular weight excluding hydrogens is 542 g/mol. The highest BCUT2D eigenvalue weighted by Gasteiger charge is 2.21. The number of anilines is 1. The third-order valence-electron chi connectivity index (χ3n) is 6.03. The van der Waals surface area contributed by atoms with Gasteiger partial charge in [0.1, 0.15) is 18.5 Å². The van der Waals surface area contributed by atoms with Crippen molar-refractivity contribution >= 4 is 46.7 Å². The van der Waals surface area contributed by atoms with Crippen molar-refractivity contribution in [1.82, 2.24) is 18.7 Å². The second-order valence-corrected chi connectivity index (χ2v) is 9.34. The van der Waals surface area contributed by atoms with Crippen LogP contribution in [0, 0.1) is 17.0 Å². The van der Waals surface area contributed by atoms with Crippen LogP contribution in [0.5, 0.6) is 5.75 Å². The topological polar surface area (TPSA) is 159 Å². The van der Waals surface area contributed by atoms with Gasteiger partial charge >= 0.3 is 5.69 Å². The number of benzene rings is 2. The average Bonchev–Trinajstić information content (AvgIpc) is 3.28. The van der Waals surface area contributed by atoms with E-state index < -0.39 is 22.3 Å². The average molecular weight is 568 g/mol. The number of hydrogen-bond donors (Lipinski definition) is 2. The number of aliphatic hydroxyl groups is 1. The first kappa shape index (κ1) is 28.3. The van der Waals surface area contributed by atoms with Crippen LogP contribution in [0.1, 0.15) is 11.1 Å². The highest BCUT2D eigenvalue weighted by molar-refractivity contribution is 6.41. The number of rotatable bonds is 10. The number of hydrogen-bond acceptors (Lipinski definition) is 9. The number of aromatic nitrogens is 4. The minimum atomic E-state index is -1.05. The number of nitrogens with zero attached hydrogens (tertiary/aromatic N) is 6. The number of para-hydroxylation sites is 1. The summed E-state index contributed by atoms with van der Waals surface area (Å²) in [4.78, 5) is 40.2. The normalized spacial score (nSPS) is 12.7. The Hall–Kier alpha value is -4.75. The van der Waals surface area contributed by atoms with Crippen LogP contribution in [-0.2, 0) is 20.6 Å². The van der Waals surface area contributed by atoms with Crippen LogP contribution in [0.3, 0.4) is 0 Å². The zero-order valence-corrected chi connectivity index (χ0v) is 22.6. The van der Waals surface area contributed by atoms with Crippen LogP contribution < -0.4 is 21.4 Å². The van der Waals surface area contributed by atoms with Crippen molar-refractivity contribution in [2.45, 2.75) is 19.6 Å². The van der Waals surface area contributed by atoms with Gasteiger partial charge in [0.2, 0.25) is 5.95 Å². The third kappa shape index (κ3) is 6.11. The molecule has 0 spiro atoms. The van der Waals surface area contributed by atoms with E-state index in [1.807, 2.05) is 25.1 Å². The lowest BCUT2D eigenvalue weighted by Crippen LogP contribution is -2.38. The molecule has 2 N–H and O–H groups in total. The number of nitrogens with one attached hydrogen (secondary N) is 1. The Morgan fingerprint density at radius 1 is 1.20 bits per heavy atom. The van der Waals surface area contributed by atoms with Crippen molar-refractivity contribution in [1.29, 1.82) is 0 Å². The van der Waals surface area contributed by atoms with E-state index in [-0.39, 0.29) is 41.0 Å². The molecule has 2 heterocycles. The summed E-state index contributed by atoms with van der Waals surface area (Å²) in [6.45, 7) is 1.72. The molecule has 0 saturated heterocycles. The number of non-ortho nitro benzene ring substituents is 1. The SMILES string of the molecule is Cc1ccccc1OC[C@@H](O)Cn1c(N/N=C/C(Cl)=C/c2ccc([N+](=O)[O-])cc2)nc2c1c(=O)n(C)c(=O)n2C. The maximum Gasteiger partial charge on any atom is 0.332 e. The first-order chi connectivity index (χ1) is 19.1. The Kier molecular flexibility index (Phi) is 8.46. The molecule has 13 nitrogen and oxygen atoms in total. The minimum absolute atomic E-state index is 0.0467. The van der Waals surface area contributed by atoms with Gasteiger partial charge in [-0.2, -0.15) is 10.1 Å². The monoisotopic (exact) mass is 567 g/mol. The van der Waals surface area contributed by atoms with Crippen LogP contribution in [0.15, 0.2) is 68.3 Å². The molecular formula is C26H26ClN7O6. The molecule has 14 heteroatoms. The number of hydrazone groups is 1. The summed E-state index contributed by atoms with van der Waals surface area (Å²) in [7, 11) is 2.84. The Morgan fingerprint density at radius 3 is 2.58 bits per heavy atom. The zero-order valence-electron chi connectivity index (χ0n) is 21.8. The first-order valence-electron chi connectivity index (χ1n) is 12.0. The lowest BCUT2D eigenvalue weighted by molar-refractivity contribution is -0.384. The number of fused-ring (bicyclic) bond motifs is 1. The molecule has 0 aliphatic heterocycles. The molecule has 0 bridgehead atoms. The first-order valence-corrected chi connectivity index (χ1v) is 12.4. The second-order valence-electron chi connectivity index (χ2n) is 8.90. The third-order valence-corrected chi connectivity index (χ3v) is 6.23. The molecule has 0 radical (unpaired) electrons. The molecule has 1 atom stereocenters. The number of ether oxygens (including phenoxy) is 1. The quantitative estimate of drug-likeness (QED) is 0.168. The maximum absolute atomic E-state index is 13.0. The Labute approximate surface area is 232 Å². The van der Waals surface area contributed by atoms with Crippen molar-refractivity contribution in [3.8, 4) is 5.75 Å². The summed E-state index contributed by atoms with van der Waals surface area (Å²) in [5.74, 6) is 0.701. The van der Waals surface area contributed by atoms with Crippen molar-refractivity contribution in [3.05, 3.63) is 95.6 Å². The van der Waals surface area contributed by atoms with Gasteiger partial charge < -0.3 is 14.4 Å². The number of aliphatic hydroxyl groups excluding tert-OH is 1. The van der Waals surface area contributed by atoms with Crippen LogP contribution in [0.4, 0.5) is 11.6 Å². The van der Waals surface area contributed by atoms with Gasteiger partial charge in [-0.1, -0.05) is 29.8 Å². The van der Waals surface area contributed by atoms with Crippen molar-refractivity contribution < 1.29 is 14.8 Å². The van der Waals surface area contributed by atoms with E-state index in [9.17, 15) is 24.8 Å². The number of imidazole rings is 1. The van der Waals surface area contributed by atoms with Gasteiger partial charge in [-0.25, -0.2) is 10.2 Å². The number of nitro benzene ring substituents is 1. The second kappa shape index (κ2) is 12.0. The standard InChI is InChI=1S/C26H26ClN7O6/c1-16-6-4-5-7-21(16)40-15-20(35)14-33-22-23(31(2)26(37)32(3)24(22)36)29-25(33)30-28-13-18(27)12-17-8-10-19(11-9-17)34(38)39/h4-13,20,35H,14-15H2,1-3H3,(H,29,30)/b18-12-,28-13+/t20-/m0/s1. The van der Waals surface area contributed by atoms with Gasteiger partial charge in [0, 0.05) is 26.2 Å². The molecule has 0 aliphatic carbocycles. The van der Waals surface area contributed by atoms with Crippen molar-refractivity contribution in [3.63, 3.8) is 0 Å². The smallest absolute Gasteiger partial charge is 0.332 e. The van der Waals surface area contributed by atoms with Gasteiger partial charge in [0.05, 0.1) is 22.7 Å². The van der Waals surface area contributed by atoms with Crippen LogP contribution in [0.2, 0.25) is 0 Å². The predicted molar refractivity (Wildman–Crippen MR) is 152 cm³/mol. The van der Waals surface area contributed by atoms with E-state index in [1.54, 1.807) is 12.1 Å². The molecule has 2 aromatic heterocycles. The summed E-state index contributed by atoms with van der Waals surface area (Å²) in [5, 5.41) is 25.9. The minimum Gasteiger partial charge on any atom is -0.491 e. The lowest BCUT2D eigenvalue weighted by atomic mass is 10.2. The predicted octanol–water partition coefficient (Wildman–Crippen LogP) is 2.77. The summed E-state index contributed by atoms with van der Waals surface area (Å²) >= 11 is 6.25. The van der Waals surface area contributed by atoms with Gasteiger partial charge in [0.25, 0.3) is 11.2 Å². The molecule has 0 unspecified atom stereocenters. The summed E-state index contributed by atoms with van der Waals surface area (Å²) in [6.07, 6.45) is 1.78. The number of nitro groups is 1. The molecule has 0 aliphatic rings. The summed E-state index contributed by atoms with van der Waals surface area (Å²) < 4.78 is 9.35. The summed E-state index contributed by atoms with van der Waals surface area (Å²) in [6, 6.07) is 13.2. The van der Waals surface area contributed by atoms with Gasteiger partial charge in [-0.3, -0.25) is 24.0 Å². The van der Waals surface area contributed by atoms with Crippen LogP contribution in [0.25, 0.3) is 17.2 Å². The fourth-order valence-corrected chi connectivity index (χ4v) is 4.09. The van der Waals surface area contributed by atoms with Gasteiger partial charge in [-0.15, -0.1) is 0 Å². The van der Waals surface area contributed by atoms with Crippen LogP contribution >= 0.6 is 11.6 Å². The van der Waals surface area contributed by atoms with E-state index in [0.717, 1.165) is 10.1 Å². The molecule has 2 aromatic carbocycles. The fraction of sp³-hybridized carbons (Fsp3) is 0.231. The van der Waals surface area contributed by atoms with E-state index in [1.165, 1.54) is 53.7 Å². The molecule has 4 aromatic rings. The molecule has 40 heavy (non-hydrogen) atoms. The zero-order chi connectivity index (χ0) is 29.0. The molecule has 0 saturated carbocycles. The Bertz CT molecular complexity index is 1740. The summed E-state index contributed by atoms with van der Waals surface area (Å²) in [5.41, 5.74) is 3.23. The Balaban J connectivity index is 1.60. The highest BCUT2D eigenvalue weighted by Crippen LogP contribution is 2.19. The van der Waals surface area contributed by atoms with Crippen LogP contribution in [-0.4, -0.2) is 47.6 Å². The molecule has 4 rings (SSSR count). The highest BCUT2D eigenvalue weighted by atomic mass is 35.5. The fourth-order valence-electron chi connectivity index (χ4n) is 3.92. The van der Waals surface area contributed by atoms with Crippen molar-refractivity contribution in [2.24, 2.45) is 19.2 Å². The molecule has 0 amide bonds. The number of allylic oxidation sites excluding steroid dienone is 1. The van der Waals surface area contributed by atoms with E-state index >= 15 is 0 Å². The van der Waals surface area contributed by atoms with Crippen molar-refractivity contribution in [2.75, 3.05) is 12.0 Å². The largest absolute Gasteiger partial charge is 0.491 e. The van der Waals surface area contributed by atoms with E-state index in [4.69, 9.17) is 16.3 Å². The Morgan fingerprint density at radius 2 is 1.90 bits per heavy atom.